The molecule has 0 aromatic carbocycles. The third kappa shape index (κ3) is 3.83. The largest absolute Gasteiger partial charge is 0.377 e. The van der Waals surface area contributed by atoms with Gasteiger partial charge in [0.1, 0.15) is 0 Å². The Hall–Kier alpha value is -1.07. The van der Waals surface area contributed by atoms with Gasteiger partial charge in [-0.2, -0.15) is 5.10 Å². The Labute approximate surface area is 96.7 Å². The highest BCUT2D eigenvalue weighted by atomic mass is 16.7. The molecule has 0 fully saturated rings. The van der Waals surface area contributed by atoms with Crippen molar-refractivity contribution in [1.29, 1.82) is 0 Å². The van der Waals surface area contributed by atoms with E-state index in [1.54, 1.807) is 4.68 Å². The van der Waals surface area contributed by atoms with Crippen LogP contribution in [0.5, 0.6) is 0 Å². The van der Waals surface area contributed by atoms with E-state index >= 15 is 0 Å². The van der Waals surface area contributed by atoms with Crippen LogP contribution in [0.4, 0.5) is 5.69 Å². The van der Waals surface area contributed by atoms with E-state index in [4.69, 9.17) is 9.47 Å². The second kappa shape index (κ2) is 6.50. The fourth-order valence-corrected chi connectivity index (χ4v) is 1.50. The predicted octanol–water partition coefficient (Wildman–Crippen LogP) is 1.54. The number of nitrogens with one attached hydrogen (secondary N) is 1. The van der Waals surface area contributed by atoms with Crippen LogP contribution >= 0.6 is 0 Å². The van der Waals surface area contributed by atoms with Gasteiger partial charge in [0.05, 0.1) is 17.9 Å². The average Bonchev–Trinajstić information content (AvgIpc) is 2.54. The summed E-state index contributed by atoms with van der Waals surface area (Å²) in [6.07, 6.45) is 1.75. The van der Waals surface area contributed by atoms with Crippen LogP contribution in [-0.4, -0.2) is 35.8 Å². The smallest absolute Gasteiger partial charge is 0.174 e. The Balaban J connectivity index is 2.44. The van der Waals surface area contributed by atoms with Gasteiger partial charge in [0.15, 0.2) is 6.29 Å². The first-order valence-electron chi connectivity index (χ1n) is 5.64. The van der Waals surface area contributed by atoms with Gasteiger partial charge in [-0.3, -0.25) is 4.68 Å². The maximum atomic E-state index is 5.44. The summed E-state index contributed by atoms with van der Waals surface area (Å²) in [6, 6.07) is 0. The lowest BCUT2D eigenvalue weighted by atomic mass is 10.4. The summed E-state index contributed by atoms with van der Waals surface area (Å²) in [7, 11) is 1.90. The summed E-state index contributed by atoms with van der Waals surface area (Å²) in [5.41, 5.74) is 2.00. The van der Waals surface area contributed by atoms with Gasteiger partial charge in [0, 0.05) is 26.5 Å². The van der Waals surface area contributed by atoms with Crippen LogP contribution in [0, 0.1) is 6.92 Å². The molecule has 0 saturated carbocycles. The van der Waals surface area contributed by atoms with Gasteiger partial charge in [0.25, 0.3) is 0 Å². The van der Waals surface area contributed by atoms with Gasteiger partial charge in [-0.15, -0.1) is 0 Å². The van der Waals surface area contributed by atoms with E-state index in [9.17, 15) is 0 Å². The summed E-state index contributed by atoms with van der Waals surface area (Å²) < 4.78 is 12.7. The number of nitrogens with zero attached hydrogens (tertiary/aromatic N) is 2. The first-order valence-corrected chi connectivity index (χ1v) is 5.64. The van der Waals surface area contributed by atoms with Gasteiger partial charge in [-0.05, 0) is 20.8 Å². The van der Waals surface area contributed by atoms with Gasteiger partial charge in [-0.1, -0.05) is 0 Å². The van der Waals surface area contributed by atoms with E-state index in [1.165, 1.54) is 0 Å². The molecule has 0 amide bonds. The summed E-state index contributed by atoms with van der Waals surface area (Å²) >= 11 is 0. The normalized spacial score (nSPS) is 11.1. The van der Waals surface area contributed by atoms with Crippen LogP contribution in [0.3, 0.4) is 0 Å². The lowest BCUT2D eigenvalue weighted by Gasteiger charge is -2.17. The van der Waals surface area contributed by atoms with Gasteiger partial charge < -0.3 is 14.8 Å². The molecule has 0 unspecified atom stereocenters. The molecule has 0 aliphatic rings. The van der Waals surface area contributed by atoms with Crippen LogP contribution in [0.1, 0.15) is 19.5 Å². The fourth-order valence-electron chi connectivity index (χ4n) is 1.50. The topological polar surface area (TPSA) is 48.3 Å². The van der Waals surface area contributed by atoms with E-state index in [0.717, 1.165) is 11.4 Å². The molecule has 5 nitrogen and oxygen atoms in total. The zero-order valence-electron chi connectivity index (χ0n) is 10.5. The molecular formula is C11H21N3O2. The second-order valence-corrected chi connectivity index (χ2v) is 3.52. The number of rotatable bonds is 7. The van der Waals surface area contributed by atoms with E-state index in [0.29, 0.717) is 19.8 Å². The monoisotopic (exact) mass is 227 g/mol. The lowest BCUT2D eigenvalue weighted by Crippen LogP contribution is -2.26. The van der Waals surface area contributed by atoms with Crippen molar-refractivity contribution in [2.45, 2.75) is 27.1 Å². The summed E-state index contributed by atoms with van der Waals surface area (Å²) in [4.78, 5) is 0. The Morgan fingerprint density at radius 3 is 2.44 bits per heavy atom. The maximum absolute atomic E-state index is 5.44. The summed E-state index contributed by atoms with van der Waals surface area (Å²) in [5, 5.41) is 7.52. The van der Waals surface area contributed by atoms with Crippen LogP contribution in [-0.2, 0) is 16.5 Å². The Morgan fingerprint density at radius 1 is 1.38 bits per heavy atom. The van der Waals surface area contributed by atoms with Crippen LogP contribution in [0.25, 0.3) is 0 Å². The van der Waals surface area contributed by atoms with Crippen LogP contribution < -0.4 is 5.32 Å². The molecule has 0 aliphatic heterocycles. The molecule has 92 valence electrons. The Bertz CT molecular complexity index is 306. The van der Waals surface area contributed by atoms with E-state index in [1.807, 2.05) is 34.0 Å². The molecule has 1 N–H and O–H groups in total. The zero-order valence-corrected chi connectivity index (χ0v) is 10.5. The average molecular weight is 227 g/mol. The van der Waals surface area contributed by atoms with Gasteiger partial charge in [0.2, 0.25) is 0 Å². The standard InChI is InChI=1S/C11H21N3O2/c1-5-15-11(16-6-2)7-12-10-8-14(4)13-9(10)3/h8,11-12H,5-7H2,1-4H3. The molecule has 0 spiro atoms. The third-order valence-electron chi connectivity index (χ3n) is 2.18. The van der Waals surface area contributed by atoms with E-state index < -0.39 is 0 Å². The van der Waals surface area contributed by atoms with Gasteiger partial charge >= 0.3 is 0 Å². The van der Waals surface area contributed by atoms with Crippen LogP contribution in [0.2, 0.25) is 0 Å². The number of aromatic nitrogens is 2. The highest BCUT2D eigenvalue weighted by Crippen LogP contribution is 2.11. The minimum atomic E-state index is -0.199. The number of anilines is 1. The second-order valence-electron chi connectivity index (χ2n) is 3.52. The molecule has 16 heavy (non-hydrogen) atoms. The molecule has 0 atom stereocenters. The molecular weight excluding hydrogens is 206 g/mol. The van der Waals surface area contributed by atoms with Gasteiger partial charge in [-0.25, -0.2) is 0 Å². The van der Waals surface area contributed by atoms with Crippen molar-refractivity contribution in [1.82, 2.24) is 9.78 Å². The zero-order chi connectivity index (χ0) is 12.0. The van der Waals surface area contributed by atoms with Crippen molar-refractivity contribution in [3.63, 3.8) is 0 Å². The molecule has 1 aromatic rings. The number of ether oxygens (including phenoxy) is 2. The molecule has 0 aliphatic carbocycles. The lowest BCUT2D eigenvalue weighted by molar-refractivity contribution is -0.126. The highest BCUT2D eigenvalue weighted by Gasteiger charge is 2.09. The first-order chi connectivity index (χ1) is 7.67. The SMILES string of the molecule is CCOC(CNc1cn(C)nc1C)OCC. The molecule has 0 bridgehead atoms. The minimum Gasteiger partial charge on any atom is -0.377 e. The molecule has 0 saturated heterocycles. The third-order valence-corrected chi connectivity index (χ3v) is 2.18. The quantitative estimate of drug-likeness (QED) is 0.718. The molecule has 1 rings (SSSR count). The summed E-state index contributed by atoms with van der Waals surface area (Å²) in [6.45, 7) is 7.83. The highest BCUT2D eigenvalue weighted by molar-refractivity contribution is 5.45. The fraction of sp³-hybridized carbons (Fsp3) is 0.727. The van der Waals surface area contributed by atoms with Crippen molar-refractivity contribution in [3.05, 3.63) is 11.9 Å². The van der Waals surface area contributed by atoms with Crippen LogP contribution in [0.15, 0.2) is 6.20 Å². The Kier molecular flexibility index (Phi) is 5.28. The van der Waals surface area contributed by atoms with Crippen molar-refractivity contribution in [2.75, 3.05) is 25.1 Å². The molecule has 1 aromatic heterocycles. The number of aryl methyl sites for hydroxylation is 2. The predicted molar refractivity (Wildman–Crippen MR) is 63.5 cm³/mol. The Morgan fingerprint density at radius 2 is 2.00 bits per heavy atom. The van der Waals surface area contributed by atoms with Crippen molar-refractivity contribution < 1.29 is 9.47 Å². The maximum Gasteiger partial charge on any atom is 0.174 e. The number of hydrogen-bond acceptors (Lipinski definition) is 4. The molecule has 1 heterocycles. The summed E-state index contributed by atoms with van der Waals surface area (Å²) in [5.74, 6) is 0. The van der Waals surface area contributed by atoms with Crippen molar-refractivity contribution >= 4 is 5.69 Å². The molecule has 5 heteroatoms. The van der Waals surface area contributed by atoms with Crippen molar-refractivity contribution in [2.24, 2.45) is 7.05 Å². The first kappa shape index (κ1) is 13.0. The minimum absolute atomic E-state index is 0.199. The van der Waals surface area contributed by atoms with E-state index in [-0.39, 0.29) is 6.29 Å². The molecule has 0 radical (unpaired) electrons. The van der Waals surface area contributed by atoms with Crippen molar-refractivity contribution in [3.8, 4) is 0 Å². The number of hydrogen-bond donors (Lipinski definition) is 1. The van der Waals surface area contributed by atoms with E-state index in [2.05, 4.69) is 10.4 Å².